The van der Waals surface area contributed by atoms with E-state index in [9.17, 15) is 8.78 Å². The molecule has 0 fully saturated rings. The lowest BCUT2D eigenvalue weighted by atomic mass is 10.00. The maximum absolute atomic E-state index is 13.8. The van der Waals surface area contributed by atoms with Crippen molar-refractivity contribution in [3.05, 3.63) is 63.9 Å². The van der Waals surface area contributed by atoms with Gasteiger partial charge in [-0.05, 0) is 46.1 Å². The summed E-state index contributed by atoms with van der Waals surface area (Å²) in [5.41, 5.74) is 6.60. The maximum atomic E-state index is 13.8. The third kappa shape index (κ3) is 2.73. The summed E-state index contributed by atoms with van der Waals surface area (Å²) in [6.07, 6.45) is 3.60. The van der Waals surface area contributed by atoms with Crippen molar-refractivity contribution in [3.63, 3.8) is 0 Å². The molecule has 18 heavy (non-hydrogen) atoms. The Morgan fingerprint density at radius 1 is 1.28 bits per heavy atom. The molecule has 1 atom stereocenters. The van der Waals surface area contributed by atoms with Crippen molar-refractivity contribution < 1.29 is 8.78 Å². The van der Waals surface area contributed by atoms with Crippen LogP contribution in [0.15, 0.2) is 41.1 Å². The molecule has 0 spiro atoms. The molecule has 2 nitrogen and oxygen atoms in total. The lowest BCUT2D eigenvalue weighted by molar-refractivity contribution is 0.521. The molecule has 2 aromatic rings. The highest BCUT2D eigenvalue weighted by molar-refractivity contribution is 9.10. The highest BCUT2D eigenvalue weighted by Crippen LogP contribution is 2.27. The summed E-state index contributed by atoms with van der Waals surface area (Å²) in [6, 6.07) is 5.36. The SMILES string of the molecule is NC(Cc1cccnc1)c1c(F)ccc(Br)c1F. The van der Waals surface area contributed by atoms with E-state index in [0.29, 0.717) is 6.42 Å². The maximum Gasteiger partial charge on any atom is 0.145 e. The molecule has 0 bridgehead atoms. The number of pyridine rings is 1. The standard InChI is InChI=1S/C13H11BrF2N2/c14-9-3-4-10(15)12(13(9)16)11(17)6-8-2-1-5-18-7-8/h1-5,7,11H,6,17H2. The highest BCUT2D eigenvalue weighted by Gasteiger charge is 2.19. The minimum atomic E-state index is -0.744. The lowest BCUT2D eigenvalue weighted by Gasteiger charge is -2.14. The van der Waals surface area contributed by atoms with Crippen LogP contribution < -0.4 is 5.73 Å². The molecule has 1 unspecified atom stereocenters. The quantitative estimate of drug-likeness (QED) is 0.883. The zero-order valence-electron chi connectivity index (χ0n) is 9.41. The first-order valence-corrected chi connectivity index (χ1v) is 6.16. The topological polar surface area (TPSA) is 38.9 Å². The molecule has 0 radical (unpaired) electrons. The molecular weight excluding hydrogens is 302 g/mol. The first kappa shape index (κ1) is 13.1. The molecule has 0 saturated heterocycles. The van der Waals surface area contributed by atoms with Crippen LogP contribution in [-0.2, 0) is 6.42 Å². The van der Waals surface area contributed by atoms with Gasteiger partial charge in [0.2, 0.25) is 0 Å². The van der Waals surface area contributed by atoms with Crippen LogP contribution in [-0.4, -0.2) is 4.98 Å². The first-order chi connectivity index (χ1) is 8.59. The third-order valence-corrected chi connectivity index (χ3v) is 3.24. The summed E-state index contributed by atoms with van der Waals surface area (Å²) in [6.45, 7) is 0. The van der Waals surface area contributed by atoms with Crippen LogP contribution in [0.2, 0.25) is 0 Å². The average Bonchev–Trinajstić information content (AvgIpc) is 2.36. The second-order valence-electron chi connectivity index (χ2n) is 3.93. The second kappa shape index (κ2) is 5.54. The van der Waals surface area contributed by atoms with Crippen molar-refractivity contribution >= 4 is 15.9 Å². The van der Waals surface area contributed by atoms with E-state index >= 15 is 0 Å². The summed E-state index contributed by atoms with van der Waals surface area (Å²) in [5, 5.41) is 0. The molecule has 1 aromatic carbocycles. The van der Waals surface area contributed by atoms with Gasteiger partial charge in [-0.1, -0.05) is 6.07 Å². The van der Waals surface area contributed by atoms with E-state index in [1.165, 1.54) is 12.1 Å². The zero-order valence-corrected chi connectivity index (χ0v) is 11.0. The van der Waals surface area contributed by atoms with E-state index < -0.39 is 17.7 Å². The predicted octanol–water partition coefficient (Wildman–Crippen LogP) is 3.36. The van der Waals surface area contributed by atoms with Gasteiger partial charge in [-0.15, -0.1) is 0 Å². The summed E-state index contributed by atoms with van der Waals surface area (Å²) < 4.78 is 27.7. The number of hydrogen-bond acceptors (Lipinski definition) is 2. The van der Waals surface area contributed by atoms with E-state index in [1.807, 2.05) is 6.07 Å². The van der Waals surface area contributed by atoms with Crippen LogP contribution >= 0.6 is 15.9 Å². The Morgan fingerprint density at radius 3 is 2.72 bits per heavy atom. The van der Waals surface area contributed by atoms with Crippen LogP contribution in [0.4, 0.5) is 8.78 Å². The Morgan fingerprint density at radius 2 is 2.06 bits per heavy atom. The Hall–Kier alpha value is -1.33. The molecule has 0 aliphatic carbocycles. The van der Waals surface area contributed by atoms with Crippen molar-refractivity contribution in [1.82, 2.24) is 4.98 Å². The second-order valence-corrected chi connectivity index (χ2v) is 4.78. The average molecular weight is 313 g/mol. The van der Waals surface area contributed by atoms with E-state index in [1.54, 1.807) is 18.5 Å². The number of aromatic nitrogens is 1. The van der Waals surface area contributed by atoms with Gasteiger partial charge in [-0.2, -0.15) is 0 Å². The van der Waals surface area contributed by atoms with Crippen molar-refractivity contribution in [2.75, 3.05) is 0 Å². The van der Waals surface area contributed by atoms with E-state index in [-0.39, 0.29) is 10.0 Å². The molecular formula is C13H11BrF2N2. The highest BCUT2D eigenvalue weighted by atomic mass is 79.9. The number of rotatable bonds is 3. The molecule has 1 heterocycles. The van der Waals surface area contributed by atoms with Gasteiger partial charge in [-0.3, -0.25) is 4.98 Å². The van der Waals surface area contributed by atoms with Crippen molar-refractivity contribution in [3.8, 4) is 0 Å². The summed E-state index contributed by atoms with van der Waals surface area (Å²) >= 11 is 3.02. The van der Waals surface area contributed by atoms with Crippen molar-refractivity contribution in [2.45, 2.75) is 12.5 Å². The zero-order chi connectivity index (χ0) is 13.1. The van der Waals surface area contributed by atoms with Crippen LogP contribution in [0.5, 0.6) is 0 Å². The first-order valence-electron chi connectivity index (χ1n) is 5.37. The fourth-order valence-corrected chi connectivity index (χ4v) is 2.10. The fourth-order valence-electron chi connectivity index (χ4n) is 1.76. The molecule has 2 rings (SSSR count). The minimum Gasteiger partial charge on any atom is -0.323 e. The van der Waals surface area contributed by atoms with Gasteiger partial charge in [0.1, 0.15) is 11.6 Å². The minimum absolute atomic E-state index is 0.103. The number of hydrogen-bond donors (Lipinski definition) is 1. The largest absolute Gasteiger partial charge is 0.323 e. The van der Waals surface area contributed by atoms with Gasteiger partial charge < -0.3 is 5.73 Å². The molecule has 0 amide bonds. The Bertz CT molecular complexity index is 546. The van der Waals surface area contributed by atoms with Crippen LogP contribution in [0.25, 0.3) is 0 Å². The van der Waals surface area contributed by atoms with Gasteiger partial charge in [0.05, 0.1) is 4.47 Å². The van der Waals surface area contributed by atoms with Gasteiger partial charge in [0, 0.05) is 24.0 Å². The Labute approximate surface area is 112 Å². The van der Waals surface area contributed by atoms with Crippen LogP contribution in [0.1, 0.15) is 17.2 Å². The van der Waals surface area contributed by atoms with Gasteiger partial charge in [0.15, 0.2) is 0 Å². The molecule has 0 aliphatic rings. The number of nitrogens with two attached hydrogens (primary N) is 1. The molecule has 1 aromatic heterocycles. The Kier molecular flexibility index (Phi) is 4.04. The van der Waals surface area contributed by atoms with Crippen LogP contribution in [0, 0.1) is 11.6 Å². The smallest absolute Gasteiger partial charge is 0.145 e. The summed E-state index contributed by atoms with van der Waals surface area (Å²) in [4.78, 5) is 3.94. The molecule has 2 N–H and O–H groups in total. The number of benzene rings is 1. The van der Waals surface area contributed by atoms with E-state index in [2.05, 4.69) is 20.9 Å². The van der Waals surface area contributed by atoms with Gasteiger partial charge >= 0.3 is 0 Å². The predicted molar refractivity (Wildman–Crippen MR) is 68.9 cm³/mol. The lowest BCUT2D eigenvalue weighted by Crippen LogP contribution is -2.17. The molecule has 94 valence electrons. The Balaban J connectivity index is 2.29. The monoisotopic (exact) mass is 312 g/mol. The summed E-state index contributed by atoms with van der Waals surface area (Å²) in [7, 11) is 0. The van der Waals surface area contributed by atoms with Gasteiger partial charge in [-0.25, -0.2) is 8.78 Å². The number of nitrogens with zero attached hydrogens (tertiary/aromatic N) is 1. The molecule has 0 saturated carbocycles. The van der Waals surface area contributed by atoms with Crippen molar-refractivity contribution in [1.29, 1.82) is 0 Å². The summed E-state index contributed by atoms with van der Waals surface area (Å²) in [5.74, 6) is -1.28. The van der Waals surface area contributed by atoms with Gasteiger partial charge in [0.25, 0.3) is 0 Å². The van der Waals surface area contributed by atoms with E-state index in [0.717, 1.165) is 5.56 Å². The number of halogens is 3. The van der Waals surface area contributed by atoms with E-state index in [4.69, 9.17) is 5.73 Å². The van der Waals surface area contributed by atoms with Crippen molar-refractivity contribution in [2.24, 2.45) is 5.73 Å². The third-order valence-electron chi connectivity index (χ3n) is 2.63. The molecule has 5 heteroatoms. The van der Waals surface area contributed by atoms with Crippen LogP contribution in [0.3, 0.4) is 0 Å². The molecule has 0 aliphatic heterocycles. The normalized spacial score (nSPS) is 12.4. The fraction of sp³-hybridized carbons (Fsp3) is 0.154.